The van der Waals surface area contributed by atoms with Crippen molar-refractivity contribution in [3.8, 4) is 0 Å². The highest BCUT2D eigenvalue weighted by Gasteiger charge is 2.24. The maximum atomic E-state index is 12.1. The van der Waals surface area contributed by atoms with Crippen LogP contribution in [0.5, 0.6) is 0 Å². The number of nitrogens with zero attached hydrogens (tertiary/aromatic N) is 1. The lowest BCUT2D eigenvalue weighted by molar-refractivity contribution is -0.131. The monoisotopic (exact) mass is 324 g/mol. The third-order valence-corrected chi connectivity index (χ3v) is 3.95. The quantitative estimate of drug-likeness (QED) is 0.926. The van der Waals surface area contributed by atoms with Crippen LogP contribution in [0.1, 0.15) is 30.1 Å². The summed E-state index contributed by atoms with van der Waals surface area (Å²) in [6, 6.07) is 6.69. The summed E-state index contributed by atoms with van der Waals surface area (Å²) in [5, 5.41) is 2.75. The molecule has 1 aliphatic heterocycles. The van der Waals surface area contributed by atoms with Crippen LogP contribution in [-0.2, 0) is 4.79 Å². The van der Waals surface area contributed by atoms with Gasteiger partial charge in [0.15, 0.2) is 0 Å². The molecule has 19 heavy (non-hydrogen) atoms. The lowest BCUT2D eigenvalue weighted by atomic mass is 10.2. The molecule has 0 spiro atoms. The molecule has 1 aromatic carbocycles. The lowest BCUT2D eigenvalue weighted by Gasteiger charge is -2.21. The number of carbonyl (C=O) groups is 2. The molecular formula is C14H17BrN2O2. The molecule has 1 heterocycles. The zero-order valence-corrected chi connectivity index (χ0v) is 12.4. The van der Waals surface area contributed by atoms with Gasteiger partial charge in [-0.05, 0) is 47.8 Å². The fourth-order valence-electron chi connectivity index (χ4n) is 2.19. The second-order valence-corrected chi connectivity index (χ2v) is 5.56. The van der Waals surface area contributed by atoms with Crippen LogP contribution in [0.4, 0.5) is 0 Å². The van der Waals surface area contributed by atoms with Gasteiger partial charge in [0.2, 0.25) is 5.91 Å². The van der Waals surface area contributed by atoms with Gasteiger partial charge in [0.05, 0.1) is 5.56 Å². The van der Waals surface area contributed by atoms with Crippen LogP contribution in [0.3, 0.4) is 0 Å². The zero-order chi connectivity index (χ0) is 13.8. The Hall–Kier alpha value is -1.36. The molecule has 0 saturated carbocycles. The molecule has 5 heteroatoms. The van der Waals surface area contributed by atoms with Crippen molar-refractivity contribution in [2.45, 2.75) is 25.8 Å². The van der Waals surface area contributed by atoms with Crippen LogP contribution in [-0.4, -0.2) is 35.8 Å². The standard InChI is InChI=1S/C14H17BrN2O2/c1-10(14(19)17-8-4-5-9-17)16-13(18)11-6-2-3-7-12(11)15/h2-3,6-7,10H,4-5,8-9H2,1H3,(H,16,18)/t10-/m0/s1. The van der Waals surface area contributed by atoms with Crippen molar-refractivity contribution in [2.75, 3.05) is 13.1 Å². The van der Waals surface area contributed by atoms with Gasteiger partial charge in [0, 0.05) is 17.6 Å². The molecule has 1 aromatic rings. The zero-order valence-electron chi connectivity index (χ0n) is 10.9. The molecule has 1 atom stereocenters. The van der Waals surface area contributed by atoms with Crippen LogP contribution < -0.4 is 5.32 Å². The van der Waals surface area contributed by atoms with Crippen LogP contribution in [0.15, 0.2) is 28.7 Å². The SMILES string of the molecule is C[C@H](NC(=O)c1ccccc1Br)C(=O)N1CCCC1. The highest BCUT2D eigenvalue weighted by Crippen LogP contribution is 2.16. The van der Waals surface area contributed by atoms with Crippen molar-refractivity contribution in [1.82, 2.24) is 10.2 Å². The first-order chi connectivity index (χ1) is 9.09. The van der Waals surface area contributed by atoms with E-state index in [1.165, 1.54) is 0 Å². The summed E-state index contributed by atoms with van der Waals surface area (Å²) in [5.41, 5.74) is 0.545. The fourth-order valence-corrected chi connectivity index (χ4v) is 2.66. The summed E-state index contributed by atoms with van der Waals surface area (Å²) in [6.07, 6.45) is 2.10. The van der Waals surface area contributed by atoms with E-state index in [1.807, 2.05) is 17.0 Å². The highest BCUT2D eigenvalue weighted by atomic mass is 79.9. The third-order valence-electron chi connectivity index (χ3n) is 3.25. The predicted molar refractivity (Wildman–Crippen MR) is 76.9 cm³/mol. The van der Waals surface area contributed by atoms with E-state index in [0.29, 0.717) is 5.56 Å². The molecule has 1 saturated heterocycles. The van der Waals surface area contributed by atoms with E-state index in [0.717, 1.165) is 30.4 Å². The number of benzene rings is 1. The number of likely N-dealkylation sites (tertiary alicyclic amines) is 1. The van der Waals surface area contributed by atoms with Crippen LogP contribution in [0.2, 0.25) is 0 Å². The predicted octanol–water partition coefficient (Wildman–Crippen LogP) is 2.19. The number of rotatable bonds is 3. The molecule has 0 aromatic heterocycles. The molecule has 2 rings (SSSR count). The van der Waals surface area contributed by atoms with Crippen molar-refractivity contribution < 1.29 is 9.59 Å². The van der Waals surface area contributed by atoms with Gasteiger partial charge in [-0.2, -0.15) is 0 Å². The Labute approximate surface area is 121 Å². The molecule has 2 amide bonds. The second kappa shape index (κ2) is 6.19. The Morgan fingerprint density at radius 3 is 2.53 bits per heavy atom. The van der Waals surface area contributed by atoms with E-state index in [1.54, 1.807) is 19.1 Å². The van der Waals surface area contributed by atoms with Gasteiger partial charge in [-0.25, -0.2) is 0 Å². The van der Waals surface area contributed by atoms with Gasteiger partial charge < -0.3 is 10.2 Å². The summed E-state index contributed by atoms with van der Waals surface area (Å²) in [5.74, 6) is -0.231. The van der Waals surface area contributed by atoms with Crippen molar-refractivity contribution in [1.29, 1.82) is 0 Å². The van der Waals surface area contributed by atoms with E-state index >= 15 is 0 Å². The van der Waals surface area contributed by atoms with E-state index < -0.39 is 6.04 Å². The Kier molecular flexibility index (Phi) is 4.58. The minimum Gasteiger partial charge on any atom is -0.341 e. The van der Waals surface area contributed by atoms with Crippen molar-refractivity contribution in [3.05, 3.63) is 34.3 Å². The van der Waals surface area contributed by atoms with Gasteiger partial charge in [0.1, 0.15) is 6.04 Å². The fraction of sp³-hybridized carbons (Fsp3) is 0.429. The molecule has 0 bridgehead atoms. The molecule has 1 aliphatic rings. The molecule has 0 radical (unpaired) electrons. The normalized spacial score (nSPS) is 16.2. The molecule has 4 nitrogen and oxygen atoms in total. The first-order valence-corrected chi connectivity index (χ1v) is 7.23. The molecule has 1 N–H and O–H groups in total. The first-order valence-electron chi connectivity index (χ1n) is 6.44. The van der Waals surface area contributed by atoms with Crippen LogP contribution in [0, 0.1) is 0 Å². The highest BCUT2D eigenvalue weighted by molar-refractivity contribution is 9.10. The van der Waals surface area contributed by atoms with E-state index in [4.69, 9.17) is 0 Å². The first kappa shape index (κ1) is 14.1. The van der Waals surface area contributed by atoms with Crippen molar-refractivity contribution >= 4 is 27.7 Å². The number of nitrogens with one attached hydrogen (secondary N) is 1. The number of halogens is 1. The minimum atomic E-state index is -0.488. The Bertz CT molecular complexity index is 484. The maximum absolute atomic E-state index is 12.1. The second-order valence-electron chi connectivity index (χ2n) is 4.71. The smallest absolute Gasteiger partial charge is 0.253 e. The summed E-state index contributed by atoms with van der Waals surface area (Å²) in [4.78, 5) is 26.0. The Morgan fingerprint density at radius 1 is 1.26 bits per heavy atom. The summed E-state index contributed by atoms with van der Waals surface area (Å²) in [7, 11) is 0. The molecule has 1 fully saturated rings. The topological polar surface area (TPSA) is 49.4 Å². The van der Waals surface area contributed by atoms with E-state index in [-0.39, 0.29) is 11.8 Å². The van der Waals surface area contributed by atoms with Crippen LogP contribution >= 0.6 is 15.9 Å². The van der Waals surface area contributed by atoms with Gasteiger partial charge in [-0.3, -0.25) is 9.59 Å². The Morgan fingerprint density at radius 2 is 1.89 bits per heavy atom. The molecule has 0 aliphatic carbocycles. The minimum absolute atomic E-state index is 0.00194. The number of amides is 2. The van der Waals surface area contributed by atoms with Crippen molar-refractivity contribution in [2.24, 2.45) is 0 Å². The number of hydrogen-bond donors (Lipinski definition) is 1. The summed E-state index contributed by atoms with van der Waals surface area (Å²) in [6.45, 7) is 3.33. The maximum Gasteiger partial charge on any atom is 0.253 e. The largest absolute Gasteiger partial charge is 0.341 e. The average Bonchev–Trinajstić information content (AvgIpc) is 2.92. The number of hydrogen-bond acceptors (Lipinski definition) is 2. The van der Waals surface area contributed by atoms with Crippen LogP contribution in [0.25, 0.3) is 0 Å². The lowest BCUT2D eigenvalue weighted by Crippen LogP contribution is -2.46. The average molecular weight is 325 g/mol. The summed E-state index contributed by atoms with van der Waals surface area (Å²) < 4.78 is 0.730. The van der Waals surface area contributed by atoms with E-state index in [9.17, 15) is 9.59 Å². The van der Waals surface area contributed by atoms with Crippen molar-refractivity contribution in [3.63, 3.8) is 0 Å². The van der Waals surface area contributed by atoms with Gasteiger partial charge in [-0.1, -0.05) is 12.1 Å². The molecular weight excluding hydrogens is 308 g/mol. The number of carbonyl (C=O) groups excluding carboxylic acids is 2. The Balaban J connectivity index is 1.98. The van der Waals surface area contributed by atoms with Gasteiger partial charge >= 0.3 is 0 Å². The van der Waals surface area contributed by atoms with Gasteiger partial charge in [0.25, 0.3) is 5.91 Å². The third kappa shape index (κ3) is 3.35. The molecule has 0 unspecified atom stereocenters. The summed E-state index contributed by atoms with van der Waals surface area (Å²) >= 11 is 3.33. The van der Waals surface area contributed by atoms with Gasteiger partial charge in [-0.15, -0.1) is 0 Å². The molecule has 102 valence electrons. The van der Waals surface area contributed by atoms with E-state index in [2.05, 4.69) is 21.2 Å².